The smallest absolute Gasteiger partial charge is 0.0816 e. The van der Waals surface area contributed by atoms with Crippen molar-refractivity contribution in [2.75, 3.05) is 0 Å². The van der Waals surface area contributed by atoms with Crippen LogP contribution in [0.5, 0.6) is 0 Å². The largest absolute Gasteiger partial charge is 0.255 e. The van der Waals surface area contributed by atoms with E-state index in [0.717, 1.165) is 23.5 Å². The van der Waals surface area contributed by atoms with Crippen LogP contribution < -0.4 is 0 Å². The summed E-state index contributed by atoms with van der Waals surface area (Å²) >= 11 is 0. The SMILES string of the molecule is CCCCCC=CC(C=Nc1ccccc1)=Nc1ccccc1.[Ni]. The van der Waals surface area contributed by atoms with E-state index in [0.29, 0.717) is 0 Å². The van der Waals surface area contributed by atoms with Crippen LogP contribution in [0.25, 0.3) is 0 Å². The number of para-hydroxylation sites is 2. The van der Waals surface area contributed by atoms with Crippen LogP contribution in [0.3, 0.4) is 0 Å². The number of aliphatic imine (C=N–C) groups is 2. The summed E-state index contributed by atoms with van der Waals surface area (Å²) < 4.78 is 0. The van der Waals surface area contributed by atoms with Gasteiger partial charge in [0.15, 0.2) is 0 Å². The average molecular weight is 363 g/mol. The van der Waals surface area contributed by atoms with Gasteiger partial charge in [-0.25, -0.2) is 4.99 Å². The van der Waals surface area contributed by atoms with Gasteiger partial charge in [0.1, 0.15) is 0 Å². The summed E-state index contributed by atoms with van der Waals surface area (Å²) in [6.07, 6.45) is 10.9. The Hall–Kier alpha value is -1.99. The molecule has 0 aliphatic rings. The first-order valence-electron chi connectivity index (χ1n) is 8.28. The van der Waals surface area contributed by atoms with Crippen LogP contribution in [0, 0.1) is 0 Å². The second-order valence-electron chi connectivity index (χ2n) is 5.36. The van der Waals surface area contributed by atoms with E-state index in [1.165, 1.54) is 19.3 Å². The van der Waals surface area contributed by atoms with Crippen LogP contribution in [-0.2, 0) is 16.5 Å². The van der Waals surface area contributed by atoms with Gasteiger partial charge in [-0.2, -0.15) is 0 Å². The number of hydrogen-bond donors (Lipinski definition) is 0. The molecule has 2 rings (SSSR count). The second kappa shape index (κ2) is 12.4. The molecule has 0 atom stereocenters. The van der Waals surface area contributed by atoms with Crippen LogP contribution >= 0.6 is 0 Å². The Morgan fingerprint density at radius 2 is 1.50 bits per heavy atom. The van der Waals surface area contributed by atoms with Gasteiger partial charge in [0.25, 0.3) is 0 Å². The Morgan fingerprint density at radius 3 is 2.12 bits per heavy atom. The maximum absolute atomic E-state index is 4.67. The zero-order valence-electron chi connectivity index (χ0n) is 14.0. The van der Waals surface area contributed by atoms with E-state index in [1.54, 1.807) is 0 Å². The molecule has 0 saturated carbocycles. The number of nitrogens with zero attached hydrogens (tertiary/aromatic N) is 2. The molecule has 0 aliphatic heterocycles. The van der Waals surface area contributed by atoms with E-state index in [1.807, 2.05) is 66.9 Å². The minimum absolute atomic E-state index is 0. The zero-order chi connectivity index (χ0) is 16.2. The van der Waals surface area contributed by atoms with Crippen molar-refractivity contribution in [3.63, 3.8) is 0 Å². The second-order valence-corrected chi connectivity index (χ2v) is 5.36. The van der Waals surface area contributed by atoms with E-state index in [2.05, 4.69) is 29.1 Å². The Bertz CT molecular complexity index is 646. The fourth-order valence-corrected chi connectivity index (χ4v) is 2.13. The van der Waals surface area contributed by atoms with Crippen LogP contribution in [0.2, 0.25) is 0 Å². The predicted octanol–water partition coefficient (Wildman–Crippen LogP) is 6.30. The Balaban J connectivity index is 0.00000288. The number of hydrogen-bond acceptors (Lipinski definition) is 2. The van der Waals surface area contributed by atoms with Gasteiger partial charge in [0.2, 0.25) is 0 Å². The van der Waals surface area contributed by atoms with Crippen molar-refractivity contribution in [1.29, 1.82) is 0 Å². The first kappa shape index (κ1) is 20.1. The minimum Gasteiger partial charge on any atom is -0.255 e. The van der Waals surface area contributed by atoms with Crippen LogP contribution in [0.15, 0.2) is 82.8 Å². The number of benzene rings is 2. The van der Waals surface area contributed by atoms with E-state index < -0.39 is 0 Å². The number of allylic oxidation sites excluding steroid dienone is 2. The van der Waals surface area contributed by atoms with E-state index >= 15 is 0 Å². The van der Waals surface area contributed by atoms with Gasteiger partial charge in [-0.3, -0.25) is 4.99 Å². The fourth-order valence-electron chi connectivity index (χ4n) is 2.13. The maximum atomic E-state index is 4.67. The van der Waals surface area contributed by atoms with Crippen LogP contribution in [-0.4, -0.2) is 11.9 Å². The number of rotatable bonds is 8. The van der Waals surface area contributed by atoms with Gasteiger partial charge < -0.3 is 0 Å². The molecule has 0 amide bonds. The zero-order valence-corrected chi connectivity index (χ0v) is 15.0. The van der Waals surface area contributed by atoms with Gasteiger partial charge in [-0.15, -0.1) is 0 Å². The molecule has 0 unspecified atom stereocenters. The van der Waals surface area contributed by atoms with Crippen molar-refractivity contribution in [2.24, 2.45) is 9.98 Å². The fraction of sp³-hybridized carbons (Fsp3) is 0.238. The molecule has 0 saturated heterocycles. The first-order chi connectivity index (χ1) is 11.4. The number of unbranched alkanes of at least 4 members (excludes halogenated alkanes) is 3. The summed E-state index contributed by atoms with van der Waals surface area (Å²) in [5, 5.41) is 0. The molecule has 0 aliphatic carbocycles. The normalized spacial score (nSPS) is 11.8. The molecule has 2 aromatic carbocycles. The van der Waals surface area contributed by atoms with Crippen molar-refractivity contribution in [3.05, 3.63) is 72.8 Å². The van der Waals surface area contributed by atoms with Gasteiger partial charge >= 0.3 is 0 Å². The maximum Gasteiger partial charge on any atom is 0.0816 e. The molecule has 24 heavy (non-hydrogen) atoms. The summed E-state index contributed by atoms with van der Waals surface area (Å²) in [7, 11) is 0. The standard InChI is InChI=1S/C21H24N2.Ni/c1-2-3-4-5-8-17-21(23-20-15-11-7-12-16-20)18-22-19-13-9-6-10-14-19;/h6-18H,2-5H2,1H3;. The molecule has 128 valence electrons. The summed E-state index contributed by atoms with van der Waals surface area (Å²) in [6, 6.07) is 19.9. The van der Waals surface area contributed by atoms with Gasteiger partial charge in [0.05, 0.1) is 23.3 Å². The Kier molecular flexibility index (Phi) is 10.4. The predicted molar refractivity (Wildman–Crippen MR) is 101 cm³/mol. The van der Waals surface area contributed by atoms with Crippen molar-refractivity contribution in [2.45, 2.75) is 32.6 Å². The van der Waals surface area contributed by atoms with E-state index in [-0.39, 0.29) is 16.5 Å². The van der Waals surface area contributed by atoms with Crippen molar-refractivity contribution in [3.8, 4) is 0 Å². The van der Waals surface area contributed by atoms with Crippen molar-refractivity contribution >= 4 is 23.3 Å². The van der Waals surface area contributed by atoms with E-state index in [4.69, 9.17) is 0 Å². The summed E-state index contributed by atoms with van der Waals surface area (Å²) in [5.41, 5.74) is 2.75. The molecule has 2 nitrogen and oxygen atoms in total. The molecule has 0 radical (unpaired) electrons. The third-order valence-corrected chi connectivity index (χ3v) is 3.38. The molecule has 0 spiro atoms. The quantitative estimate of drug-likeness (QED) is 0.299. The average Bonchev–Trinajstić information content (AvgIpc) is 2.61. The van der Waals surface area contributed by atoms with Gasteiger partial charge in [-0.05, 0) is 43.2 Å². The third kappa shape index (κ3) is 8.03. The van der Waals surface area contributed by atoms with Crippen molar-refractivity contribution in [1.82, 2.24) is 0 Å². The molecule has 0 aromatic heterocycles. The Labute approximate surface area is 155 Å². The topological polar surface area (TPSA) is 24.7 Å². The van der Waals surface area contributed by atoms with Gasteiger partial charge in [-0.1, -0.05) is 62.2 Å². The van der Waals surface area contributed by atoms with Crippen LogP contribution in [0.4, 0.5) is 11.4 Å². The third-order valence-electron chi connectivity index (χ3n) is 3.38. The Morgan fingerprint density at radius 1 is 0.875 bits per heavy atom. The molecular weight excluding hydrogens is 339 g/mol. The molecular formula is C21H24N2Ni. The molecule has 3 heteroatoms. The van der Waals surface area contributed by atoms with Crippen LogP contribution in [0.1, 0.15) is 32.6 Å². The molecule has 0 N–H and O–H groups in total. The molecule has 2 aromatic rings. The molecule has 0 fully saturated rings. The molecule has 0 heterocycles. The summed E-state index contributed by atoms with van der Waals surface area (Å²) in [4.78, 5) is 9.18. The van der Waals surface area contributed by atoms with Gasteiger partial charge in [0, 0.05) is 16.5 Å². The molecule has 0 bridgehead atoms. The summed E-state index contributed by atoms with van der Waals surface area (Å²) in [5.74, 6) is 0. The van der Waals surface area contributed by atoms with Crippen molar-refractivity contribution < 1.29 is 16.5 Å². The summed E-state index contributed by atoms with van der Waals surface area (Å²) in [6.45, 7) is 2.22. The monoisotopic (exact) mass is 362 g/mol. The minimum atomic E-state index is 0. The first-order valence-corrected chi connectivity index (χ1v) is 8.28. The van der Waals surface area contributed by atoms with E-state index in [9.17, 15) is 0 Å².